The fraction of sp³-hybridized carbons (Fsp3) is 0.542. The van der Waals surface area contributed by atoms with Gasteiger partial charge in [0.05, 0.1) is 18.4 Å². The predicted molar refractivity (Wildman–Crippen MR) is 135 cm³/mol. The Bertz CT molecular complexity index is 841. The molecule has 7 nitrogen and oxygen atoms in total. The zero-order valence-corrected chi connectivity index (χ0v) is 21.1. The second-order valence-corrected chi connectivity index (χ2v) is 8.53. The Morgan fingerprint density at radius 1 is 1.09 bits per heavy atom. The molecule has 0 radical (unpaired) electrons. The summed E-state index contributed by atoms with van der Waals surface area (Å²) >= 11 is 0. The van der Waals surface area contributed by atoms with E-state index in [1.807, 2.05) is 31.2 Å². The topological polar surface area (TPSA) is 83.0 Å². The van der Waals surface area contributed by atoms with Crippen molar-refractivity contribution in [2.24, 2.45) is 28.7 Å². The number of ether oxygens (including phenoxy) is 1. The minimum absolute atomic E-state index is 0. The number of nitrogens with one attached hydrogen (secondary N) is 2. The van der Waals surface area contributed by atoms with Gasteiger partial charge in [-0.15, -0.1) is 24.0 Å². The van der Waals surface area contributed by atoms with E-state index in [4.69, 9.17) is 4.74 Å². The first kappa shape index (κ1) is 24.5. The summed E-state index contributed by atoms with van der Waals surface area (Å²) in [4.78, 5) is 31.5. The van der Waals surface area contributed by atoms with Gasteiger partial charge in [0, 0.05) is 32.6 Å². The number of nitrogens with zero attached hydrogens (tertiary/aromatic N) is 2. The molecule has 2 amide bonds. The van der Waals surface area contributed by atoms with E-state index in [-0.39, 0.29) is 59.5 Å². The molecule has 4 unspecified atom stereocenters. The molecule has 32 heavy (non-hydrogen) atoms. The van der Waals surface area contributed by atoms with Crippen molar-refractivity contribution in [3.8, 4) is 5.75 Å². The molecule has 1 aromatic rings. The molecule has 2 fully saturated rings. The van der Waals surface area contributed by atoms with Gasteiger partial charge in [0.1, 0.15) is 5.75 Å². The van der Waals surface area contributed by atoms with Gasteiger partial charge in [-0.05, 0) is 44.2 Å². The second-order valence-electron chi connectivity index (χ2n) is 8.53. The van der Waals surface area contributed by atoms with E-state index in [2.05, 4.69) is 34.7 Å². The lowest BCUT2D eigenvalue weighted by atomic mass is 9.85. The van der Waals surface area contributed by atoms with Crippen molar-refractivity contribution in [2.45, 2.75) is 26.7 Å². The molecule has 4 atom stereocenters. The number of amides is 2. The number of benzene rings is 1. The molecule has 1 aromatic carbocycles. The molecule has 2 bridgehead atoms. The average Bonchev–Trinajstić information content (AvgIpc) is 3.44. The maximum Gasteiger partial charge on any atom is 0.233 e. The third-order valence-corrected chi connectivity index (χ3v) is 6.40. The van der Waals surface area contributed by atoms with Crippen LogP contribution in [0.25, 0.3) is 0 Å². The van der Waals surface area contributed by atoms with Crippen molar-refractivity contribution >= 4 is 41.8 Å². The van der Waals surface area contributed by atoms with Crippen LogP contribution in [-0.4, -0.2) is 55.5 Å². The number of guanidine groups is 1. The zero-order valence-electron chi connectivity index (χ0n) is 18.8. The number of hydrogen-bond acceptors (Lipinski definition) is 4. The number of hydrogen-bond donors (Lipinski definition) is 2. The second kappa shape index (κ2) is 11.2. The molecule has 2 N–H and O–H groups in total. The number of aliphatic imine (C=N–C) groups is 1. The van der Waals surface area contributed by atoms with Gasteiger partial charge in [-0.25, -0.2) is 0 Å². The Kier molecular flexibility index (Phi) is 8.56. The lowest BCUT2D eigenvalue weighted by molar-refractivity contribution is -0.140. The van der Waals surface area contributed by atoms with E-state index in [9.17, 15) is 9.59 Å². The molecule has 1 heterocycles. The van der Waals surface area contributed by atoms with Crippen LogP contribution in [0.1, 0.15) is 25.3 Å². The van der Waals surface area contributed by atoms with Gasteiger partial charge in [0.25, 0.3) is 0 Å². The summed E-state index contributed by atoms with van der Waals surface area (Å²) < 4.78 is 5.74. The highest BCUT2D eigenvalue weighted by Gasteiger charge is 2.58. The Morgan fingerprint density at radius 3 is 2.38 bits per heavy atom. The van der Waals surface area contributed by atoms with E-state index < -0.39 is 0 Å². The first-order valence-corrected chi connectivity index (χ1v) is 11.3. The third kappa shape index (κ3) is 5.27. The van der Waals surface area contributed by atoms with Crippen LogP contribution in [0, 0.1) is 30.6 Å². The van der Waals surface area contributed by atoms with Crippen LogP contribution >= 0.6 is 24.0 Å². The van der Waals surface area contributed by atoms with Gasteiger partial charge in [-0.1, -0.05) is 29.8 Å². The lowest BCUT2D eigenvalue weighted by Crippen LogP contribution is -2.43. The minimum atomic E-state index is -0.127. The summed E-state index contributed by atoms with van der Waals surface area (Å²) in [5, 5.41) is 6.45. The lowest BCUT2D eigenvalue weighted by Gasteiger charge is -2.18. The highest BCUT2D eigenvalue weighted by Crippen LogP contribution is 2.52. The molecule has 1 saturated carbocycles. The molecule has 0 spiro atoms. The van der Waals surface area contributed by atoms with Crippen LogP contribution in [0.2, 0.25) is 0 Å². The predicted octanol–water partition coefficient (Wildman–Crippen LogP) is 2.74. The number of fused-ring (bicyclic) bond motifs is 5. The molecule has 1 aliphatic heterocycles. The normalized spacial score (nSPS) is 25.7. The Labute approximate surface area is 207 Å². The first-order valence-electron chi connectivity index (χ1n) is 11.3. The molecular formula is C24H33IN4O3. The Balaban J connectivity index is 0.00000289. The van der Waals surface area contributed by atoms with Gasteiger partial charge >= 0.3 is 0 Å². The van der Waals surface area contributed by atoms with Crippen LogP contribution in [0.4, 0.5) is 0 Å². The van der Waals surface area contributed by atoms with Gasteiger partial charge < -0.3 is 15.4 Å². The average molecular weight is 552 g/mol. The van der Waals surface area contributed by atoms with Gasteiger partial charge in [0.15, 0.2) is 5.96 Å². The van der Waals surface area contributed by atoms with Crippen molar-refractivity contribution in [1.29, 1.82) is 0 Å². The van der Waals surface area contributed by atoms with Crippen LogP contribution in [-0.2, 0) is 9.59 Å². The summed E-state index contributed by atoms with van der Waals surface area (Å²) in [5.74, 6) is 1.83. The van der Waals surface area contributed by atoms with Gasteiger partial charge in [0.2, 0.25) is 11.8 Å². The molecule has 4 rings (SSSR count). The number of carbonyl (C=O) groups excluding carboxylic acids is 2. The summed E-state index contributed by atoms with van der Waals surface area (Å²) in [6.07, 6.45) is 6.00. The number of halogens is 1. The van der Waals surface area contributed by atoms with Crippen molar-refractivity contribution in [2.75, 3.05) is 32.8 Å². The molecule has 1 saturated heterocycles. The van der Waals surface area contributed by atoms with Crippen molar-refractivity contribution in [3.05, 3.63) is 42.0 Å². The maximum absolute atomic E-state index is 12.8. The number of carbonyl (C=O) groups is 2. The van der Waals surface area contributed by atoms with Crippen LogP contribution in [0.15, 0.2) is 41.4 Å². The van der Waals surface area contributed by atoms with E-state index in [0.717, 1.165) is 25.1 Å². The fourth-order valence-electron chi connectivity index (χ4n) is 4.89. The number of likely N-dealkylation sites (tertiary alicyclic amines) is 1. The van der Waals surface area contributed by atoms with Crippen LogP contribution < -0.4 is 15.4 Å². The zero-order chi connectivity index (χ0) is 21.8. The number of allylic oxidation sites excluding steroid dienone is 2. The van der Waals surface area contributed by atoms with Gasteiger partial charge in [-0.2, -0.15) is 0 Å². The fourth-order valence-corrected chi connectivity index (χ4v) is 4.89. The molecule has 3 aliphatic rings. The molecule has 0 aromatic heterocycles. The summed E-state index contributed by atoms with van der Waals surface area (Å²) in [6.45, 7) is 6.90. The maximum atomic E-state index is 12.8. The third-order valence-electron chi connectivity index (χ3n) is 6.40. The van der Waals surface area contributed by atoms with Crippen LogP contribution in [0.5, 0.6) is 5.75 Å². The van der Waals surface area contributed by atoms with E-state index in [1.54, 1.807) is 0 Å². The smallest absolute Gasteiger partial charge is 0.233 e. The van der Waals surface area contributed by atoms with E-state index >= 15 is 0 Å². The van der Waals surface area contributed by atoms with Crippen molar-refractivity contribution in [3.63, 3.8) is 0 Å². The molecule has 2 aliphatic carbocycles. The highest BCUT2D eigenvalue weighted by atomic mass is 127. The van der Waals surface area contributed by atoms with Crippen LogP contribution in [0.3, 0.4) is 0 Å². The SMILES string of the molecule is CCNC(=NCCCOc1ccc(C)cc1)NCCN1C(=O)C2C3C=CC(C3)C2C1=O.I. The standard InChI is InChI=1S/C24H32N4O3.HI/c1-3-25-24(26-11-4-14-31-19-9-5-16(2)6-10-19)27-12-13-28-22(29)20-17-7-8-18(15-17)21(20)23(28)30;/h5-10,17-18,20-21H,3-4,11-15H2,1-2H3,(H2,25,26,27);1H. The molecule has 8 heteroatoms. The highest BCUT2D eigenvalue weighted by molar-refractivity contribution is 14.0. The number of rotatable bonds is 9. The van der Waals surface area contributed by atoms with E-state index in [1.165, 1.54) is 10.5 Å². The minimum Gasteiger partial charge on any atom is -0.494 e. The quantitative estimate of drug-likeness (QED) is 0.123. The number of imide groups is 1. The first-order chi connectivity index (χ1) is 15.1. The number of aryl methyl sites for hydroxylation is 1. The molecule has 174 valence electrons. The van der Waals surface area contributed by atoms with Crippen molar-refractivity contribution in [1.82, 2.24) is 15.5 Å². The van der Waals surface area contributed by atoms with Gasteiger partial charge in [-0.3, -0.25) is 19.5 Å². The summed E-state index contributed by atoms with van der Waals surface area (Å²) in [6, 6.07) is 8.01. The van der Waals surface area contributed by atoms with Crippen molar-refractivity contribution < 1.29 is 14.3 Å². The summed E-state index contributed by atoms with van der Waals surface area (Å²) in [5.41, 5.74) is 1.21. The Hall–Kier alpha value is -2.10. The summed E-state index contributed by atoms with van der Waals surface area (Å²) in [7, 11) is 0. The monoisotopic (exact) mass is 552 g/mol. The Morgan fingerprint density at radius 2 is 1.75 bits per heavy atom. The van der Waals surface area contributed by atoms with E-state index in [0.29, 0.717) is 32.2 Å². The molecular weight excluding hydrogens is 519 g/mol. The largest absolute Gasteiger partial charge is 0.494 e.